The Balaban J connectivity index is 2.04. The third-order valence-corrected chi connectivity index (χ3v) is 3.10. The number of aromatic nitrogens is 3. The van der Waals surface area contributed by atoms with Gasteiger partial charge in [-0.1, -0.05) is 18.2 Å². The molecule has 4 heteroatoms. The summed E-state index contributed by atoms with van der Waals surface area (Å²) >= 11 is 0. The number of rotatable bonds is 2. The lowest BCUT2D eigenvalue weighted by Gasteiger charge is -2.13. The minimum Gasteiger partial charge on any atom is -0.316 e. The van der Waals surface area contributed by atoms with E-state index in [0.717, 1.165) is 18.8 Å². The average Bonchev–Trinajstić information content (AvgIpc) is 3.03. The zero-order valence-electron chi connectivity index (χ0n) is 9.00. The summed E-state index contributed by atoms with van der Waals surface area (Å²) < 4.78 is 1.84. The van der Waals surface area contributed by atoms with E-state index in [1.807, 2.05) is 10.7 Å². The summed E-state index contributed by atoms with van der Waals surface area (Å²) in [4.78, 5) is 4.00. The van der Waals surface area contributed by atoms with Crippen LogP contribution in [0.15, 0.2) is 36.9 Å². The number of hydrogen-bond donors (Lipinski definition) is 1. The minimum atomic E-state index is 0.598. The number of nitrogens with one attached hydrogen (secondary N) is 1. The van der Waals surface area contributed by atoms with Gasteiger partial charge in [-0.15, -0.1) is 0 Å². The molecule has 1 aliphatic heterocycles. The molecule has 0 aliphatic carbocycles. The number of para-hydroxylation sites is 1. The van der Waals surface area contributed by atoms with Crippen molar-refractivity contribution in [3.63, 3.8) is 0 Å². The molecule has 1 aromatic heterocycles. The second kappa shape index (κ2) is 4.06. The van der Waals surface area contributed by atoms with Crippen LogP contribution in [-0.4, -0.2) is 27.9 Å². The van der Waals surface area contributed by atoms with E-state index in [0.29, 0.717) is 5.92 Å². The molecule has 1 aliphatic rings. The lowest BCUT2D eigenvalue weighted by molar-refractivity contribution is 0.742. The molecule has 0 amide bonds. The SMILES string of the molecule is c1ccc(-n2cncn2)c(C2CCNC2)c1. The van der Waals surface area contributed by atoms with Gasteiger partial charge < -0.3 is 5.32 Å². The Hall–Kier alpha value is -1.68. The van der Waals surface area contributed by atoms with Crippen LogP contribution in [0.3, 0.4) is 0 Å². The first kappa shape index (κ1) is 9.54. The van der Waals surface area contributed by atoms with Crippen molar-refractivity contribution in [1.82, 2.24) is 20.1 Å². The molecule has 2 heterocycles. The number of nitrogens with zero attached hydrogens (tertiary/aromatic N) is 3. The molecule has 4 nitrogen and oxygen atoms in total. The van der Waals surface area contributed by atoms with E-state index in [2.05, 4.69) is 33.6 Å². The third-order valence-electron chi connectivity index (χ3n) is 3.10. The van der Waals surface area contributed by atoms with Crippen LogP contribution < -0.4 is 5.32 Å². The highest BCUT2D eigenvalue weighted by Gasteiger charge is 2.19. The first-order chi connectivity index (χ1) is 7.95. The molecule has 1 saturated heterocycles. The molecule has 1 aromatic carbocycles. The third kappa shape index (κ3) is 1.61. The molecule has 0 spiro atoms. The summed E-state index contributed by atoms with van der Waals surface area (Å²) in [6.45, 7) is 2.17. The zero-order valence-corrected chi connectivity index (χ0v) is 9.00. The molecular weight excluding hydrogens is 200 g/mol. The van der Waals surface area contributed by atoms with Gasteiger partial charge in [0.1, 0.15) is 12.7 Å². The van der Waals surface area contributed by atoms with Gasteiger partial charge in [0, 0.05) is 6.54 Å². The minimum absolute atomic E-state index is 0.598. The maximum absolute atomic E-state index is 4.20. The molecule has 0 saturated carbocycles. The van der Waals surface area contributed by atoms with Gasteiger partial charge in [0.2, 0.25) is 0 Å². The van der Waals surface area contributed by atoms with Crippen molar-refractivity contribution >= 4 is 0 Å². The van der Waals surface area contributed by atoms with Crippen molar-refractivity contribution in [2.45, 2.75) is 12.3 Å². The summed E-state index contributed by atoms with van der Waals surface area (Å²) in [6.07, 6.45) is 4.52. The van der Waals surface area contributed by atoms with Gasteiger partial charge >= 0.3 is 0 Å². The van der Waals surface area contributed by atoms with Gasteiger partial charge in [0.05, 0.1) is 5.69 Å². The van der Waals surface area contributed by atoms with E-state index >= 15 is 0 Å². The maximum Gasteiger partial charge on any atom is 0.138 e. The summed E-state index contributed by atoms with van der Waals surface area (Å²) in [5, 5.41) is 7.60. The number of hydrogen-bond acceptors (Lipinski definition) is 3. The Labute approximate surface area is 94.3 Å². The molecule has 2 aromatic rings. The molecule has 82 valence electrons. The molecule has 16 heavy (non-hydrogen) atoms. The smallest absolute Gasteiger partial charge is 0.138 e. The maximum atomic E-state index is 4.20. The van der Waals surface area contributed by atoms with Crippen LogP contribution >= 0.6 is 0 Å². The molecule has 1 atom stereocenters. The van der Waals surface area contributed by atoms with E-state index in [1.54, 1.807) is 12.7 Å². The van der Waals surface area contributed by atoms with E-state index < -0.39 is 0 Å². The normalized spacial score (nSPS) is 20.1. The first-order valence-electron chi connectivity index (χ1n) is 5.60. The van der Waals surface area contributed by atoms with Gasteiger partial charge in [-0.25, -0.2) is 9.67 Å². The van der Waals surface area contributed by atoms with Crippen LogP contribution in [0.2, 0.25) is 0 Å². The van der Waals surface area contributed by atoms with Crippen LogP contribution in [0.25, 0.3) is 5.69 Å². The highest BCUT2D eigenvalue weighted by molar-refractivity contribution is 5.42. The van der Waals surface area contributed by atoms with Gasteiger partial charge in [0.15, 0.2) is 0 Å². The molecule has 1 N–H and O–H groups in total. The lowest BCUT2D eigenvalue weighted by atomic mass is 9.97. The standard InChI is InChI=1S/C12H14N4/c1-2-4-12(16-9-14-8-15-16)11(3-1)10-5-6-13-7-10/h1-4,8-10,13H,5-7H2. The fourth-order valence-electron chi connectivity index (χ4n) is 2.29. The van der Waals surface area contributed by atoms with Crippen molar-refractivity contribution in [2.75, 3.05) is 13.1 Å². The first-order valence-corrected chi connectivity index (χ1v) is 5.60. The Morgan fingerprint density at radius 1 is 1.31 bits per heavy atom. The average molecular weight is 214 g/mol. The number of benzene rings is 1. The summed E-state index contributed by atoms with van der Waals surface area (Å²) in [7, 11) is 0. The van der Waals surface area contributed by atoms with Crippen molar-refractivity contribution in [3.05, 3.63) is 42.5 Å². The van der Waals surface area contributed by atoms with Crippen molar-refractivity contribution in [3.8, 4) is 5.69 Å². The van der Waals surface area contributed by atoms with E-state index in [4.69, 9.17) is 0 Å². The van der Waals surface area contributed by atoms with Crippen molar-refractivity contribution < 1.29 is 0 Å². The molecule has 3 rings (SSSR count). The van der Waals surface area contributed by atoms with Gasteiger partial charge in [-0.3, -0.25) is 0 Å². The highest BCUT2D eigenvalue weighted by Crippen LogP contribution is 2.27. The predicted molar refractivity (Wildman–Crippen MR) is 61.6 cm³/mol. The van der Waals surface area contributed by atoms with Gasteiger partial charge in [-0.05, 0) is 30.5 Å². The largest absolute Gasteiger partial charge is 0.316 e. The van der Waals surface area contributed by atoms with Crippen LogP contribution in [0.4, 0.5) is 0 Å². The molecule has 1 fully saturated rings. The van der Waals surface area contributed by atoms with Crippen LogP contribution in [0.1, 0.15) is 17.9 Å². The van der Waals surface area contributed by atoms with Crippen molar-refractivity contribution in [1.29, 1.82) is 0 Å². The zero-order chi connectivity index (χ0) is 10.8. The Bertz CT molecular complexity index is 458. The van der Waals surface area contributed by atoms with E-state index in [1.165, 1.54) is 12.0 Å². The molecule has 0 radical (unpaired) electrons. The second-order valence-electron chi connectivity index (χ2n) is 4.09. The Morgan fingerprint density at radius 3 is 3.00 bits per heavy atom. The fraction of sp³-hybridized carbons (Fsp3) is 0.333. The van der Waals surface area contributed by atoms with E-state index in [-0.39, 0.29) is 0 Å². The highest BCUT2D eigenvalue weighted by atomic mass is 15.3. The van der Waals surface area contributed by atoms with Crippen LogP contribution in [0, 0.1) is 0 Å². The van der Waals surface area contributed by atoms with Gasteiger partial charge in [-0.2, -0.15) is 5.10 Å². The summed E-state index contributed by atoms with van der Waals surface area (Å²) in [6, 6.07) is 8.42. The second-order valence-corrected chi connectivity index (χ2v) is 4.09. The molecular formula is C12H14N4. The fourth-order valence-corrected chi connectivity index (χ4v) is 2.29. The van der Waals surface area contributed by atoms with Crippen LogP contribution in [0.5, 0.6) is 0 Å². The quantitative estimate of drug-likeness (QED) is 0.820. The summed E-state index contributed by atoms with van der Waals surface area (Å²) in [5.41, 5.74) is 2.51. The van der Waals surface area contributed by atoms with Crippen molar-refractivity contribution in [2.24, 2.45) is 0 Å². The summed E-state index contributed by atoms with van der Waals surface area (Å²) in [5.74, 6) is 0.598. The van der Waals surface area contributed by atoms with E-state index in [9.17, 15) is 0 Å². The topological polar surface area (TPSA) is 42.7 Å². The molecule has 1 unspecified atom stereocenters. The predicted octanol–water partition coefficient (Wildman–Crippen LogP) is 1.34. The van der Waals surface area contributed by atoms with Gasteiger partial charge in [0.25, 0.3) is 0 Å². The Kier molecular flexibility index (Phi) is 2.42. The monoisotopic (exact) mass is 214 g/mol. The van der Waals surface area contributed by atoms with Crippen LogP contribution in [-0.2, 0) is 0 Å². The molecule has 0 bridgehead atoms. The lowest BCUT2D eigenvalue weighted by Crippen LogP contribution is -2.10. The Morgan fingerprint density at radius 2 is 2.25 bits per heavy atom.